The molecule has 96 valence electrons. The highest BCUT2D eigenvalue weighted by Crippen LogP contribution is 2.25. The van der Waals surface area contributed by atoms with Gasteiger partial charge in [0, 0.05) is 6.20 Å². The molecule has 2 aromatic heterocycles. The number of fused-ring (bicyclic) bond motifs is 1. The highest BCUT2D eigenvalue weighted by atomic mass is 15.0. The summed E-state index contributed by atoms with van der Waals surface area (Å²) in [4.78, 5) is 12.1. The Bertz CT molecular complexity index is 713. The fraction of sp³-hybridized carbons (Fsp3) is 0.200. The van der Waals surface area contributed by atoms with Crippen molar-refractivity contribution in [2.24, 2.45) is 5.73 Å². The van der Waals surface area contributed by atoms with Gasteiger partial charge in [0.2, 0.25) is 0 Å². The minimum Gasteiger partial charge on any atom is -0.339 e. The van der Waals surface area contributed by atoms with Crippen molar-refractivity contribution in [1.82, 2.24) is 15.0 Å². The number of aromatic amines is 1. The monoisotopic (exact) mass is 252 g/mol. The van der Waals surface area contributed by atoms with E-state index in [-0.39, 0.29) is 0 Å². The van der Waals surface area contributed by atoms with Gasteiger partial charge in [-0.1, -0.05) is 30.3 Å². The van der Waals surface area contributed by atoms with E-state index in [4.69, 9.17) is 5.73 Å². The van der Waals surface area contributed by atoms with Crippen molar-refractivity contribution >= 4 is 11.2 Å². The molecule has 1 atom stereocenters. The SMILES string of the molecule is Cc1cnc2nc(C(C)(N)c3ccccc3)[nH]c2c1. The quantitative estimate of drug-likeness (QED) is 0.736. The van der Waals surface area contributed by atoms with E-state index in [1.54, 1.807) is 0 Å². The third-order valence-corrected chi connectivity index (χ3v) is 3.34. The third-order valence-electron chi connectivity index (χ3n) is 3.34. The van der Waals surface area contributed by atoms with Gasteiger partial charge in [-0.25, -0.2) is 9.97 Å². The highest BCUT2D eigenvalue weighted by molar-refractivity contribution is 5.71. The van der Waals surface area contributed by atoms with Crippen molar-refractivity contribution in [1.29, 1.82) is 0 Å². The molecule has 4 heteroatoms. The molecule has 0 spiro atoms. The summed E-state index contributed by atoms with van der Waals surface area (Å²) in [6.07, 6.45) is 1.81. The van der Waals surface area contributed by atoms with Crippen LogP contribution in [0.4, 0.5) is 0 Å². The predicted molar refractivity (Wildman–Crippen MR) is 75.7 cm³/mol. The molecule has 0 amide bonds. The predicted octanol–water partition coefficient (Wildman–Crippen LogP) is 2.49. The van der Waals surface area contributed by atoms with Gasteiger partial charge in [0.15, 0.2) is 5.65 Å². The zero-order valence-corrected chi connectivity index (χ0v) is 11.0. The molecule has 0 radical (unpaired) electrons. The van der Waals surface area contributed by atoms with Gasteiger partial charge in [0.05, 0.1) is 11.1 Å². The first-order chi connectivity index (χ1) is 9.07. The average Bonchev–Trinajstić information content (AvgIpc) is 2.83. The zero-order chi connectivity index (χ0) is 13.5. The van der Waals surface area contributed by atoms with Gasteiger partial charge < -0.3 is 10.7 Å². The summed E-state index contributed by atoms with van der Waals surface area (Å²) in [5.41, 5.74) is 9.52. The maximum Gasteiger partial charge on any atom is 0.177 e. The lowest BCUT2D eigenvalue weighted by Crippen LogP contribution is -2.35. The molecule has 3 rings (SSSR count). The maximum atomic E-state index is 6.44. The van der Waals surface area contributed by atoms with Crippen LogP contribution in [0.25, 0.3) is 11.2 Å². The van der Waals surface area contributed by atoms with Gasteiger partial charge >= 0.3 is 0 Å². The van der Waals surface area contributed by atoms with E-state index >= 15 is 0 Å². The van der Waals surface area contributed by atoms with Crippen LogP contribution in [-0.2, 0) is 5.54 Å². The maximum absolute atomic E-state index is 6.44. The van der Waals surface area contributed by atoms with Crippen LogP contribution in [0.1, 0.15) is 23.9 Å². The van der Waals surface area contributed by atoms with Crippen LogP contribution in [0.5, 0.6) is 0 Å². The number of pyridine rings is 1. The largest absolute Gasteiger partial charge is 0.339 e. The Morgan fingerprint density at radius 3 is 2.68 bits per heavy atom. The molecule has 3 N–H and O–H groups in total. The molecule has 3 aromatic rings. The summed E-state index contributed by atoms with van der Waals surface area (Å²) >= 11 is 0. The molecule has 2 heterocycles. The van der Waals surface area contributed by atoms with Crippen LogP contribution in [0, 0.1) is 6.92 Å². The molecule has 4 nitrogen and oxygen atoms in total. The molecule has 19 heavy (non-hydrogen) atoms. The van der Waals surface area contributed by atoms with Crippen molar-refractivity contribution in [3.8, 4) is 0 Å². The minimum atomic E-state index is -0.657. The minimum absolute atomic E-state index is 0.657. The standard InChI is InChI=1S/C15H16N4/c1-10-8-12-13(17-9-10)19-14(18-12)15(2,16)11-6-4-3-5-7-11/h3-9H,16H2,1-2H3,(H,17,18,19). The number of H-pyrrole nitrogens is 1. The molecule has 1 aromatic carbocycles. The van der Waals surface area contributed by atoms with Crippen molar-refractivity contribution in [3.63, 3.8) is 0 Å². The molecule has 1 unspecified atom stereocenters. The molecule has 0 aliphatic rings. The molecular weight excluding hydrogens is 236 g/mol. The van der Waals surface area contributed by atoms with Crippen LogP contribution >= 0.6 is 0 Å². The van der Waals surface area contributed by atoms with E-state index < -0.39 is 5.54 Å². The van der Waals surface area contributed by atoms with Gasteiger partial charge in [-0.3, -0.25) is 0 Å². The number of aromatic nitrogens is 3. The summed E-state index contributed by atoms with van der Waals surface area (Å²) in [6.45, 7) is 3.96. The second-order valence-corrected chi connectivity index (χ2v) is 5.04. The first kappa shape index (κ1) is 11.9. The lowest BCUT2D eigenvalue weighted by atomic mass is 9.92. The topological polar surface area (TPSA) is 67.6 Å². The number of rotatable bonds is 2. The molecule has 0 fully saturated rings. The Labute approximate surface area is 111 Å². The van der Waals surface area contributed by atoms with Crippen LogP contribution < -0.4 is 5.73 Å². The van der Waals surface area contributed by atoms with Crippen LogP contribution in [0.15, 0.2) is 42.6 Å². The summed E-state index contributed by atoms with van der Waals surface area (Å²) in [5.74, 6) is 0.729. The summed E-state index contributed by atoms with van der Waals surface area (Å²) in [5, 5.41) is 0. The van der Waals surface area contributed by atoms with Gasteiger partial charge in [-0.05, 0) is 31.0 Å². The van der Waals surface area contributed by atoms with Crippen LogP contribution in [0.3, 0.4) is 0 Å². The number of nitrogens with one attached hydrogen (secondary N) is 1. The van der Waals surface area contributed by atoms with Gasteiger partial charge in [-0.15, -0.1) is 0 Å². The fourth-order valence-corrected chi connectivity index (χ4v) is 2.17. The normalized spacial score (nSPS) is 14.5. The Morgan fingerprint density at radius 2 is 1.95 bits per heavy atom. The summed E-state index contributed by atoms with van der Waals surface area (Å²) in [6, 6.07) is 12.0. The molecular formula is C15H16N4. The van der Waals surface area contributed by atoms with E-state index in [0.29, 0.717) is 5.65 Å². The molecule has 0 saturated heterocycles. The van der Waals surface area contributed by atoms with E-state index in [9.17, 15) is 0 Å². The number of nitrogens with two attached hydrogens (primary N) is 1. The van der Waals surface area contributed by atoms with Gasteiger partial charge in [0.25, 0.3) is 0 Å². The number of nitrogens with zero attached hydrogens (tertiary/aromatic N) is 2. The lowest BCUT2D eigenvalue weighted by Gasteiger charge is -2.22. The molecule has 0 aliphatic heterocycles. The highest BCUT2D eigenvalue weighted by Gasteiger charge is 2.27. The van der Waals surface area contributed by atoms with E-state index in [1.165, 1.54) is 0 Å². The van der Waals surface area contributed by atoms with Crippen molar-refractivity contribution < 1.29 is 0 Å². The third kappa shape index (κ3) is 2.00. The Hall–Kier alpha value is -2.20. The van der Waals surface area contributed by atoms with Crippen LogP contribution in [0.2, 0.25) is 0 Å². The van der Waals surface area contributed by atoms with E-state index in [2.05, 4.69) is 15.0 Å². The second-order valence-electron chi connectivity index (χ2n) is 5.04. The Kier molecular flexibility index (Phi) is 2.61. The first-order valence-corrected chi connectivity index (χ1v) is 6.24. The smallest absolute Gasteiger partial charge is 0.177 e. The summed E-state index contributed by atoms with van der Waals surface area (Å²) in [7, 11) is 0. The lowest BCUT2D eigenvalue weighted by molar-refractivity contribution is 0.567. The number of hydrogen-bond acceptors (Lipinski definition) is 3. The van der Waals surface area contributed by atoms with Crippen LogP contribution in [-0.4, -0.2) is 15.0 Å². The van der Waals surface area contributed by atoms with Crippen molar-refractivity contribution in [2.75, 3.05) is 0 Å². The Balaban J connectivity index is 2.13. The first-order valence-electron chi connectivity index (χ1n) is 6.24. The van der Waals surface area contributed by atoms with Crippen molar-refractivity contribution in [3.05, 3.63) is 59.5 Å². The number of aryl methyl sites for hydroxylation is 1. The van der Waals surface area contributed by atoms with Gasteiger partial charge in [-0.2, -0.15) is 0 Å². The summed E-state index contributed by atoms with van der Waals surface area (Å²) < 4.78 is 0. The van der Waals surface area contributed by atoms with E-state index in [0.717, 1.165) is 22.5 Å². The number of hydrogen-bond donors (Lipinski definition) is 2. The molecule has 0 saturated carbocycles. The van der Waals surface area contributed by atoms with Crippen molar-refractivity contribution in [2.45, 2.75) is 19.4 Å². The molecule has 0 bridgehead atoms. The fourth-order valence-electron chi connectivity index (χ4n) is 2.17. The molecule has 0 aliphatic carbocycles. The number of benzene rings is 1. The van der Waals surface area contributed by atoms with E-state index in [1.807, 2.05) is 56.4 Å². The zero-order valence-electron chi connectivity index (χ0n) is 11.0. The number of imidazole rings is 1. The Morgan fingerprint density at radius 1 is 1.21 bits per heavy atom. The average molecular weight is 252 g/mol. The van der Waals surface area contributed by atoms with Gasteiger partial charge in [0.1, 0.15) is 5.82 Å². The second kappa shape index (κ2) is 4.17.